The predicted molar refractivity (Wildman–Crippen MR) is 90.0 cm³/mol. The molecule has 1 aliphatic heterocycles. The molecule has 1 aliphatic rings. The number of carbonyl (C=O) groups excluding carboxylic acids is 2. The smallest absolute Gasteiger partial charge is 0.225 e. The van der Waals surface area contributed by atoms with Crippen LogP contribution in [0, 0.1) is 11.8 Å². The molecule has 0 spiro atoms. The van der Waals surface area contributed by atoms with Crippen molar-refractivity contribution in [3.05, 3.63) is 24.2 Å². The molecule has 2 N–H and O–H groups in total. The summed E-state index contributed by atoms with van der Waals surface area (Å²) in [4.78, 5) is 26.5. The molecule has 0 bridgehead atoms. The highest BCUT2D eigenvalue weighted by atomic mass is 16.4. The number of amides is 2. The van der Waals surface area contributed by atoms with E-state index in [2.05, 4.69) is 5.32 Å². The van der Waals surface area contributed by atoms with Crippen LogP contribution in [-0.4, -0.2) is 41.5 Å². The summed E-state index contributed by atoms with van der Waals surface area (Å²) in [5.74, 6) is 0.187. The Bertz CT molecular complexity index is 553. The van der Waals surface area contributed by atoms with E-state index in [1.807, 2.05) is 13.8 Å². The zero-order valence-corrected chi connectivity index (χ0v) is 14.7. The fraction of sp³-hybridized carbons (Fsp3) is 0.667. The quantitative estimate of drug-likeness (QED) is 0.831. The van der Waals surface area contributed by atoms with Crippen LogP contribution in [0.2, 0.25) is 0 Å². The molecule has 2 rings (SSSR count). The molecule has 1 aromatic rings. The fourth-order valence-corrected chi connectivity index (χ4v) is 2.95. The van der Waals surface area contributed by atoms with Crippen molar-refractivity contribution in [1.29, 1.82) is 0 Å². The standard InChI is InChI=1S/C18H28N2O4/c1-4-13(2)17(22)20-9-5-7-14(11-20)16(21)19-12-18(3,23)15-8-6-10-24-15/h6,8,10,13-14,23H,4-5,7,9,11-12H2,1-3H3,(H,19,21). The molecule has 1 fully saturated rings. The number of hydrogen-bond acceptors (Lipinski definition) is 4. The maximum absolute atomic E-state index is 12.4. The van der Waals surface area contributed by atoms with Gasteiger partial charge in [0.25, 0.3) is 0 Å². The lowest BCUT2D eigenvalue weighted by molar-refractivity contribution is -0.139. The van der Waals surface area contributed by atoms with Crippen LogP contribution in [-0.2, 0) is 15.2 Å². The average Bonchev–Trinajstić information content (AvgIpc) is 3.14. The van der Waals surface area contributed by atoms with Gasteiger partial charge >= 0.3 is 0 Å². The first-order chi connectivity index (χ1) is 11.3. The van der Waals surface area contributed by atoms with E-state index in [1.54, 1.807) is 24.0 Å². The summed E-state index contributed by atoms with van der Waals surface area (Å²) >= 11 is 0. The minimum atomic E-state index is -1.25. The van der Waals surface area contributed by atoms with Gasteiger partial charge in [0.05, 0.1) is 18.7 Å². The first kappa shape index (κ1) is 18.5. The highest BCUT2D eigenvalue weighted by Gasteiger charge is 2.32. The second kappa shape index (κ2) is 7.83. The third-order valence-corrected chi connectivity index (χ3v) is 4.80. The minimum Gasteiger partial charge on any atom is -0.466 e. The van der Waals surface area contributed by atoms with Gasteiger partial charge in [0.15, 0.2) is 0 Å². The third kappa shape index (κ3) is 4.38. The Hall–Kier alpha value is -1.82. The Morgan fingerprint density at radius 2 is 2.29 bits per heavy atom. The molecule has 3 atom stereocenters. The molecule has 1 saturated heterocycles. The van der Waals surface area contributed by atoms with Crippen molar-refractivity contribution in [2.45, 2.75) is 45.6 Å². The molecule has 2 heterocycles. The molecule has 0 saturated carbocycles. The largest absolute Gasteiger partial charge is 0.466 e. The van der Waals surface area contributed by atoms with Crippen LogP contribution in [0.5, 0.6) is 0 Å². The highest BCUT2D eigenvalue weighted by molar-refractivity contribution is 5.82. The normalized spacial score (nSPS) is 21.8. The molecule has 6 nitrogen and oxygen atoms in total. The molecule has 134 valence electrons. The maximum atomic E-state index is 12.4. The van der Waals surface area contributed by atoms with Crippen LogP contribution in [0.25, 0.3) is 0 Å². The van der Waals surface area contributed by atoms with Crippen LogP contribution in [0.1, 0.15) is 45.8 Å². The summed E-state index contributed by atoms with van der Waals surface area (Å²) in [5.41, 5.74) is -1.25. The van der Waals surface area contributed by atoms with Gasteiger partial charge in [-0.1, -0.05) is 13.8 Å². The number of aliphatic hydroxyl groups is 1. The SMILES string of the molecule is CCC(C)C(=O)N1CCCC(C(=O)NCC(C)(O)c2ccco2)C1. The van der Waals surface area contributed by atoms with E-state index >= 15 is 0 Å². The number of nitrogens with zero attached hydrogens (tertiary/aromatic N) is 1. The van der Waals surface area contributed by atoms with Crippen molar-refractivity contribution >= 4 is 11.8 Å². The monoisotopic (exact) mass is 336 g/mol. The summed E-state index contributed by atoms with van der Waals surface area (Å²) in [5, 5.41) is 13.2. The highest BCUT2D eigenvalue weighted by Crippen LogP contribution is 2.22. The number of carbonyl (C=O) groups is 2. The zero-order valence-electron chi connectivity index (χ0n) is 14.7. The van der Waals surface area contributed by atoms with Gasteiger partial charge in [-0.05, 0) is 38.3 Å². The number of likely N-dealkylation sites (tertiary alicyclic amines) is 1. The van der Waals surface area contributed by atoms with E-state index in [0.29, 0.717) is 12.3 Å². The summed E-state index contributed by atoms with van der Waals surface area (Å²) in [6.45, 7) is 6.77. The molecule has 0 radical (unpaired) electrons. The van der Waals surface area contributed by atoms with Gasteiger partial charge in [-0.2, -0.15) is 0 Å². The lowest BCUT2D eigenvalue weighted by Gasteiger charge is -2.34. The lowest BCUT2D eigenvalue weighted by Crippen LogP contribution is -2.48. The van der Waals surface area contributed by atoms with E-state index < -0.39 is 5.60 Å². The second-order valence-corrected chi connectivity index (χ2v) is 6.90. The van der Waals surface area contributed by atoms with Gasteiger partial charge in [0, 0.05) is 19.0 Å². The maximum Gasteiger partial charge on any atom is 0.225 e. The van der Waals surface area contributed by atoms with Crippen molar-refractivity contribution in [2.75, 3.05) is 19.6 Å². The van der Waals surface area contributed by atoms with Crippen molar-refractivity contribution in [1.82, 2.24) is 10.2 Å². The first-order valence-corrected chi connectivity index (χ1v) is 8.68. The summed E-state index contributed by atoms with van der Waals surface area (Å²) in [7, 11) is 0. The van der Waals surface area contributed by atoms with E-state index in [9.17, 15) is 14.7 Å². The molecule has 1 aromatic heterocycles. The summed E-state index contributed by atoms with van der Waals surface area (Å²) in [6.07, 6.45) is 3.89. The molecule has 24 heavy (non-hydrogen) atoms. The molecule has 0 aliphatic carbocycles. The molecule has 6 heteroatoms. The van der Waals surface area contributed by atoms with Crippen LogP contribution < -0.4 is 5.32 Å². The van der Waals surface area contributed by atoms with E-state index in [4.69, 9.17) is 4.42 Å². The number of hydrogen-bond donors (Lipinski definition) is 2. The second-order valence-electron chi connectivity index (χ2n) is 6.90. The predicted octanol–water partition coefficient (Wildman–Crippen LogP) is 1.89. The molecule has 0 aromatic carbocycles. The van der Waals surface area contributed by atoms with Gasteiger partial charge < -0.3 is 19.7 Å². The number of piperidine rings is 1. The van der Waals surface area contributed by atoms with Gasteiger partial charge in [-0.15, -0.1) is 0 Å². The van der Waals surface area contributed by atoms with Crippen LogP contribution in [0.4, 0.5) is 0 Å². The van der Waals surface area contributed by atoms with Gasteiger partial charge in [0.1, 0.15) is 11.4 Å². The minimum absolute atomic E-state index is 0.00787. The average molecular weight is 336 g/mol. The van der Waals surface area contributed by atoms with Crippen LogP contribution in [0.15, 0.2) is 22.8 Å². The third-order valence-electron chi connectivity index (χ3n) is 4.80. The number of nitrogens with one attached hydrogen (secondary N) is 1. The van der Waals surface area contributed by atoms with Gasteiger partial charge in [0.2, 0.25) is 11.8 Å². The van der Waals surface area contributed by atoms with Gasteiger partial charge in [-0.25, -0.2) is 0 Å². The first-order valence-electron chi connectivity index (χ1n) is 8.68. The molecular formula is C18H28N2O4. The van der Waals surface area contributed by atoms with E-state index in [1.165, 1.54) is 6.26 Å². The van der Waals surface area contributed by atoms with Crippen LogP contribution >= 0.6 is 0 Å². The Morgan fingerprint density at radius 3 is 2.92 bits per heavy atom. The molecule has 3 unspecified atom stereocenters. The molecule has 2 amide bonds. The topological polar surface area (TPSA) is 82.8 Å². The summed E-state index contributed by atoms with van der Waals surface area (Å²) in [6, 6.07) is 3.38. The Labute approximate surface area is 143 Å². The van der Waals surface area contributed by atoms with Crippen molar-refractivity contribution < 1.29 is 19.1 Å². The number of furan rings is 1. The van der Waals surface area contributed by atoms with Crippen molar-refractivity contribution in [3.63, 3.8) is 0 Å². The van der Waals surface area contributed by atoms with Crippen LogP contribution in [0.3, 0.4) is 0 Å². The van der Waals surface area contributed by atoms with Gasteiger partial charge in [-0.3, -0.25) is 9.59 Å². The zero-order chi connectivity index (χ0) is 17.7. The number of rotatable bonds is 6. The van der Waals surface area contributed by atoms with Crippen molar-refractivity contribution in [2.24, 2.45) is 11.8 Å². The van der Waals surface area contributed by atoms with E-state index in [-0.39, 0.29) is 30.2 Å². The summed E-state index contributed by atoms with van der Waals surface area (Å²) < 4.78 is 5.21. The lowest BCUT2D eigenvalue weighted by atomic mass is 9.95. The Kier molecular flexibility index (Phi) is 6.04. The van der Waals surface area contributed by atoms with E-state index in [0.717, 1.165) is 25.8 Å². The Balaban J connectivity index is 1.89. The van der Waals surface area contributed by atoms with Crippen molar-refractivity contribution in [3.8, 4) is 0 Å². The molecular weight excluding hydrogens is 308 g/mol. The Morgan fingerprint density at radius 1 is 1.54 bits per heavy atom. The fourth-order valence-electron chi connectivity index (χ4n) is 2.95.